The van der Waals surface area contributed by atoms with E-state index in [0.29, 0.717) is 12.0 Å². The van der Waals surface area contributed by atoms with Crippen molar-refractivity contribution in [1.29, 1.82) is 0 Å². The van der Waals surface area contributed by atoms with Crippen LogP contribution in [0, 0.1) is 0 Å². The van der Waals surface area contributed by atoms with Crippen molar-refractivity contribution in [2.75, 3.05) is 39.3 Å². The Hall–Kier alpha value is -0.910. The van der Waals surface area contributed by atoms with E-state index in [1.54, 1.807) is 0 Å². The molecule has 3 rings (SSSR count). The number of rotatable bonds is 5. The Balaban J connectivity index is 1.54. The standard InChI is InChI=1S/C17H29N3O2/c1-14(2)17-18-15(13-22-17)10-20-8-5-9-21-16(12-20)11-19-6-3-4-7-19/h13-14,16H,3-12H2,1-2H3/t16-/m0/s1. The van der Waals surface area contributed by atoms with Crippen molar-refractivity contribution in [3.63, 3.8) is 0 Å². The molecule has 2 aliphatic rings. The van der Waals surface area contributed by atoms with Crippen molar-refractivity contribution < 1.29 is 9.15 Å². The van der Waals surface area contributed by atoms with E-state index in [0.717, 1.165) is 50.8 Å². The van der Waals surface area contributed by atoms with E-state index in [9.17, 15) is 0 Å². The van der Waals surface area contributed by atoms with Gasteiger partial charge in [0, 0.05) is 38.7 Å². The molecule has 1 atom stereocenters. The number of oxazole rings is 1. The second-order valence-corrected chi connectivity index (χ2v) is 6.92. The fraction of sp³-hybridized carbons (Fsp3) is 0.824. The molecule has 0 aromatic carbocycles. The molecule has 0 radical (unpaired) electrons. The Morgan fingerprint density at radius 2 is 1.95 bits per heavy atom. The zero-order chi connectivity index (χ0) is 15.4. The van der Waals surface area contributed by atoms with E-state index in [4.69, 9.17) is 9.15 Å². The van der Waals surface area contributed by atoms with E-state index in [1.165, 1.54) is 25.9 Å². The number of aromatic nitrogens is 1. The van der Waals surface area contributed by atoms with Crippen molar-refractivity contribution in [3.8, 4) is 0 Å². The van der Waals surface area contributed by atoms with Gasteiger partial charge in [0.05, 0.1) is 11.8 Å². The second-order valence-electron chi connectivity index (χ2n) is 6.92. The molecule has 1 aromatic heterocycles. The molecule has 5 nitrogen and oxygen atoms in total. The monoisotopic (exact) mass is 307 g/mol. The smallest absolute Gasteiger partial charge is 0.196 e. The van der Waals surface area contributed by atoms with Crippen molar-refractivity contribution in [1.82, 2.24) is 14.8 Å². The number of nitrogens with zero attached hydrogens (tertiary/aromatic N) is 3. The van der Waals surface area contributed by atoms with Crippen LogP contribution in [0.2, 0.25) is 0 Å². The van der Waals surface area contributed by atoms with Gasteiger partial charge in [-0.2, -0.15) is 0 Å². The van der Waals surface area contributed by atoms with Crippen LogP contribution in [-0.2, 0) is 11.3 Å². The summed E-state index contributed by atoms with van der Waals surface area (Å²) in [6.07, 6.45) is 5.93. The van der Waals surface area contributed by atoms with Gasteiger partial charge >= 0.3 is 0 Å². The molecule has 0 amide bonds. The van der Waals surface area contributed by atoms with Crippen LogP contribution in [0.3, 0.4) is 0 Å². The minimum absolute atomic E-state index is 0.331. The Kier molecular flexibility index (Phi) is 5.50. The third-order valence-corrected chi connectivity index (χ3v) is 4.54. The van der Waals surface area contributed by atoms with Gasteiger partial charge < -0.3 is 14.1 Å². The molecule has 5 heteroatoms. The summed E-state index contributed by atoms with van der Waals surface area (Å²) < 4.78 is 11.6. The molecule has 0 unspecified atom stereocenters. The highest BCUT2D eigenvalue weighted by Crippen LogP contribution is 2.17. The third kappa shape index (κ3) is 4.31. The summed E-state index contributed by atoms with van der Waals surface area (Å²) >= 11 is 0. The minimum atomic E-state index is 0.331. The zero-order valence-electron chi connectivity index (χ0n) is 14.0. The Labute approximate surface area is 133 Å². The molecule has 0 N–H and O–H groups in total. The van der Waals surface area contributed by atoms with E-state index in [-0.39, 0.29) is 0 Å². The molecular formula is C17H29N3O2. The zero-order valence-corrected chi connectivity index (χ0v) is 14.0. The summed E-state index contributed by atoms with van der Waals surface area (Å²) in [4.78, 5) is 9.61. The van der Waals surface area contributed by atoms with Crippen molar-refractivity contribution in [2.24, 2.45) is 0 Å². The molecule has 0 spiro atoms. The molecular weight excluding hydrogens is 278 g/mol. The lowest BCUT2D eigenvalue weighted by Crippen LogP contribution is -2.39. The predicted octanol–water partition coefficient (Wildman–Crippen LogP) is 2.48. The van der Waals surface area contributed by atoms with Crippen LogP contribution in [0.4, 0.5) is 0 Å². The molecule has 0 aliphatic carbocycles. The fourth-order valence-corrected chi connectivity index (χ4v) is 3.37. The van der Waals surface area contributed by atoms with Crippen molar-refractivity contribution in [2.45, 2.75) is 51.7 Å². The predicted molar refractivity (Wildman–Crippen MR) is 85.9 cm³/mol. The maximum atomic E-state index is 6.05. The average Bonchev–Trinajstić information content (AvgIpc) is 3.10. The molecule has 0 bridgehead atoms. The van der Waals surface area contributed by atoms with Gasteiger partial charge in [-0.3, -0.25) is 4.90 Å². The summed E-state index contributed by atoms with van der Waals surface area (Å²) in [5.74, 6) is 1.19. The normalized spacial score (nSPS) is 25.0. The van der Waals surface area contributed by atoms with Crippen LogP contribution in [0.15, 0.2) is 10.7 Å². The second kappa shape index (κ2) is 7.57. The van der Waals surface area contributed by atoms with Gasteiger partial charge in [0.15, 0.2) is 5.89 Å². The SMILES string of the molecule is CC(C)c1nc(CN2CCCO[C@@H](CN3CCCC3)C2)co1. The lowest BCUT2D eigenvalue weighted by molar-refractivity contribution is 0.0306. The first-order valence-electron chi connectivity index (χ1n) is 8.71. The lowest BCUT2D eigenvalue weighted by atomic mass is 10.2. The topological polar surface area (TPSA) is 41.7 Å². The van der Waals surface area contributed by atoms with Gasteiger partial charge in [-0.25, -0.2) is 4.98 Å². The third-order valence-electron chi connectivity index (χ3n) is 4.54. The number of hydrogen-bond acceptors (Lipinski definition) is 5. The molecule has 2 fully saturated rings. The van der Waals surface area contributed by atoms with Gasteiger partial charge in [0.2, 0.25) is 0 Å². The van der Waals surface area contributed by atoms with Gasteiger partial charge in [-0.15, -0.1) is 0 Å². The highest BCUT2D eigenvalue weighted by atomic mass is 16.5. The summed E-state index contributed by atoms with van der Waals surface area (Å²) in [6.45, 7) is 11.6. The van der Waals surface area contributed by atoms with Gasteiger partial charge in [-0.05, 0) is 32.4 Å². The van der Waals surface area contributed by atoms with Crippen LogP contribution >= 0.6 is 0 Å². The van der Waals surface area contributed by atoms with E-state index < -0.39 is 0 Å². The van der Waals surface area contributed by atoms with Crippen LogP contribution < -0.4 is 0 Å². The fourth-order valence-electron chi connectivity index (χ4n) is 3.37. The van der Waals surface area contributed by atoms with Crippen LogP contribution in [0.5, 0.6) is 0 Å². The van der Waals surface area contributed by atoms with Crippen LogP contribution in [0.1, 0.15) is 50.6 Å². The largest absolute Gasteiger partial charge is 0.448 e. The summed E-state index contributed by atoms with van der Waals surface area (Å²) in [6, 6.07) is 0. The highest BCUT2D eigenvalue weighted by Gasteiger charge is 2.23. The quantitative estimate of drug-likeness (QED) is 0.836. The number of ether oxygens (including phenoxy) is 1. The van der Waals surface area contributed by atoms with Crippen LogP contribution in [-0.4, -0.2) is 60.2 Å². The van der Waals surface area contributed by atoms with E-state index in [2.05, 4.69) is 28.6 Å². The first kappa shape index (κ1) is 16.0. The first-order valence-corrected chi connectivity index (χ1v) is 8.71. The Bertz CT molecular complexity index is 455. The van der Waals surface area contributed by atoms with E-state index >= 15 is 0 Å². The summed E-state index contributed by atoms with van der Waals surface area (Å²) in [5, 5.41) is 0. The summed E-state index contributed by atoms with van der Waals surface area (Å²) in [7, 11) is 0. The molecule has 124 valence electrons. The van der Waals surface area contributed by atoms with Gasteiger partial charge in [0.1, 0.15) is 6.26 Å². The molecule has 0 saturated carbocycles. The van der Waals surface area contributed by atoms with Crippen LogP contribution in [0.25, 0.3) is 0 Å². The van der Waals surface area contributed by atoms with Gasteiger partial charge in [-0.1, -0.05) is 13.8 Å². The molecule has 2 saturated heterocycles. The van der Waals surface area contributed by atoms with Gasteiger partial charge in [0.25, 0.3) is 0 Å². The number of likely N-dealkylation sites (tertiary alicyclic amines) is 1. The van der Waals surface area contributed by atoms with E-state index in [1.807, 2.05) is 6.26 Å². The first-order chi connectivity index (χ1) is 10.7. The molecule has 3 heterocycles. The van der Waals surface area contributed by atoms with Crippen molar-refractivity contribution >= 4 is 0 Å². The summed E-state index contributed by atoms with van der Waals surface area (Å²) in [5.41, 5.74) is 1.05. The molecule has 1 aromatic rings. The lowest BCUT2D eigenvalue weighted by Gasteiger charge is -2.26. The molecule has 2 aliphatic heterocycles. The van der Waals surface area contributed by atoms with Crippen molar-refractivity contribution in [3.05, 3.63) is 17.8 Å². The Morgan fingerprint density at radius 3 is 2.68 bits per heavy atom. The average molecular weight is 307 g/mol. The maximum absolute atomic E-state index is 6.05. The maximum Gasteiger partial charge on any atom is 0.196 e. The molecule has 22 heavy (non-hydrogen) atoms. The highest BCUT2D eigenvalue weighted by molar-refractivity contribution is 4.99. The minimum Gasteiger partial charge on any atom is -0.448 e. The number of hydrogen-bond donors (Lipinski definition) is 0. The Morgan fingerprint density at radius 1 is 1.18 bits per heavy atom.